The summed E-state index contributed by atoms with van der Waals surface area (Å²) < 4.78 is 5.15. The summed E-state index contributed by atoms with van der Waals surface area (Å²) in [5.41, 5.74) is 0. The Hall–Kier alpha value is -1.06. The van der Waals surface area contributed by atoms with E-state index in [-0.39, 0.29) is 13.2 Å². The van der Waals surface area contributed by atoms with Crippen molar-refractivity contribution in [3.05, 3.63) is 30.3 Å². The Labute approximate surface area is 71.2 Å². The lowest BCUT2D eigenvalue weighted by Gasteiger charge is -2.08. The average Bonchev–Trinajstić information content (AvgIpc) is 2.16. The maximum Gasteiger partial charge on any atom is 0.119 e. The molecule has 3 nitrogen and oxygen atoms in total. The molecule has 66 valence electrons. The summed E-state index contributed by atoms with van der Waals surface area (Å²) in [5.74, 6) is 0.699. The van der Waals surface area contributed by atoms with Gasteiger partial charge in [-0.25, -0.2) is 0 Å². The first-order valence-corrected chi connectivity index (χ1v) is 3.79. The van der Waals surface area contributed by atoms with E-state index in [0.717, 1.165) is 0 Å². The Morgan fingerprint density at radius 3 is 2.50 bits per heavy atom. The summed E-state index contributed by atoms with van der Waals surface area (Å²) >= 11 is 0. The average molecular weight is 168 g/mol. The number of benzene rings is 1. The molecule has 0 fully saturated rings. The number of aliphatic hydroxyl groups is 2. The molecule has 1 aromatic rings. The summed E-state index contributed by atoms with van der Waals surface area (Å²) in [4.78, 5) is 0. The highest BCUT2D eigenvalue weighted by Crippen LogP contribution is 2.08. The number of ether oxygens (including phenoxy) is 1. The standard InChI is InChI=1S/C9H12O3/c10-6-8(11)7-12-9-4-2-1-3-5-9/h1-5,8,10-11H,6-7H2. The highest BCUT2D eigenvalue weighted by atomic mass is 16.5. The van der Waals surface area contributed by atoms with Crippen LogP contribution in [0.1, 0.15) is 0 Å². The Morgan fingerprint density at radius 1 is 1.25 bits per heavy atom. The molecule has 0 radical (unpaired) electrons. The van der Waals surface area contributed by atoms with Gasteiger partial charge in [-0.15, -0.1) is 0 Å². The first-order chi connectivity index (χ1) is 5.83. The molecule has 3 heteroatoms. The number of aliphatic hydroxyl groups excluding tert-OH is 2. The van der Waals surface area contributed by atoms with Crippen molar-refractivity contribution in [3.8, 4) is 5.75 Å². The van der Waals surface area contributed by atoms with E-state index >= 15 is 0 Å². The SMILES string of the molecule is OCC(O)COc1ccccc1. The van der Waals surface area contributed by atoms with E-state index in [1.165, 1.54) is 0 Å². The fourth-order valence-corrected chi connectivity index (χ4v) is 0.762. The normalized spacial score (nSPS) is 12.5. The number of hydrogen-bond donors (Lipinski definition) is 2. The van der Waals surface area contributed by atoms with E-state index in [1.807, 2.05) is 18.2 Å². The summed E-state index contributed by atoms with van der Waals surface area (Å²) in [6, 6.07) is 9.17. The Bertz CT molecular complexity index is 210. The zero-order chi connectivity index (χ0) is 8.81. The molecule has 1 rings (SSSR count). The maximum absolute atomic E-state index is 8.94. The molecular weight excluding hydrogens is 156 g/mol. The second kappa shape index (κ2) is 4.74. The highest BCUT2D eigenvalue weighted by Gasteiger charge is 2.01. The Balaban J connectivity index is 2.33. The molecule has 0 aliphatic heterocycles. The second-order valence-electron chi connectivity index (χ2n) is 2.46. The molecule has 2 N–H and O–H groups in total. The number of rotatable bonds is 4. The zero-order valence-electron chi connectivity index (χ0n) is 6.68. The van der Waals surface area contributed by atoms with Crippen LogP contribution >= 0.6 is 0 Å². The molecule has 1 unspecified atom stereocenters. The van der Waals surface area contributed by atoms with E-state index in [4.69, 9.17) is 14.9 Å². The van der Waals surface area contributed by atoms with E-state index in [9.17, 15) is 0 Å². The highest BCUT2D eigenvalue weighted by molar-refractivity contribution is 5.20. The lowest BCUT2D eigenvalue weighted by Crippen LogP contribution is -2.21. The zero-order valence-corrected chi connectivity index (χ0v) is 6.68. The van der Waals surface area contributed by atoms with Crippen LogP contribution in [0.2, 0.25) is 0 Å². The number of hydrogen-bond acceptors (Lipinski definition) is 3. The van der Waals surface area contributed by atoms with Crippen molar-refractivity contribution in [2.75, 3.05) is 13.2 Å². The maximum atomic E-state index is 8.94. The fraction of sp³-hybridized carbons (Fsp3) is 0.333. The molecule has 1 aromatic carbocycles. The minimum absolute atomic E-state index is 0.126. The molecule has 0 spiro atoms. The summed E-state index contributed by atoms with van der Waals surface area (Å²) in [6.07, 6.45) is -0.801. The van der Waals surface area contributed by atoms with Crippen LogP contribution in [0.3, 0.4) is 0 Å². The third-order valence-electron chi connectivity index (χ3n) is 1.40. The van der Waals surface area contributed by atoms with Gasteiger partial charge in [0, 0.05) is 0 Å². The quantitative estimate of drug-likeness (QED) is 0.685. The molecule has 0 saturated heterocycles. The molecule has 1 atom stereocenters. The Morgan fingerprint density at radius 2 is 1.92 bits per heavy atom. The predicted octanol–water partition coefficient (Wildman–Crippen LogP) is 0.419. The van der Waals surface area contributed by atoms with Crippen LogP contribution in [0.15, 0.2) is 30.3 Å². The minimum atomic E-state index is -0.801. The van der Waals surface area contributed by atoms with Gasteiger partial charge in [0.2, 0.25) is 0 Å². The van der Waals surface area contributed by atoms with Crippen molar-refractivity contribution in [3.63, 3.8) is 0 Å². The summed E-state index contributed by atoms with van der Waals surface area (Å²) in [5, 5.41) is 17.4. The molecule has 0 aliphatic rings. The van der Waals surface area contributed by atoms with Gasteiger partial charge in [0.1, 0.15) is 18.5 Å². The van der Waals surface area contributed by atoms with Gasteiger partial charge in [0.15, 0.2) is 0 Å². The van der Waals surface area contributed by atoms with Gasteiger partial charge in [-0.3, -0.25) is 0 Å². The van der Waals surface area contributed by atoms with Gasteiger partial charge in [0.05, 0.1) is 6.61 Å². The first kappa shape index (κ1) is 9.03. The van der Waals surface area contributed by atoms with Gasteiger partial charge in [-0.05, 0) is 12.1 Å². The van der Waals surface area contributed by atoms with Crippen molar-refractivity contribution in [2.24, 2.45) is 0 Å². The van der Waals surface area contributed by atoms with Gasteiger partial charge in [-0.2, -0.15) is 0 Å². The molecular formula is C9H12O3. The van der Waals surface area contributed by atoms with Gasteiger partial charge in [-0.1, -0.05) is 18.2 Å². The van der Waals surface area contributed by atoms with Crippen LogP contribution in [0.4, 0.5) is 0 Å². The van der Waals surface area contributed by atoms with E-state index in [1.54, 1.807) is 12.1 Å². The monoisotopic (exact) mass is 168 g/mol. The molecule has 12 heavy (non-hydrogen) atoms. The van der Waals surface area contributed by atoms with E-state index in [2.05, 4.69) is 0 Å². The van der Waals surface area contributed by atoms with Crippen molar-refractivity contribution in [1.29, 1.82) is 0 Å². The number of para-hydroxylation sites is 1. The van der Waals surface area contributed by atoms with Gasteiger partial charge >= 0.3 is 0 Å². The molecule has 0 saturated carbocycles. The van der Waals surface area contributed by atoms with Crippen LogP contribution in [-0.4, -0.2) is 29.5 Å². The van der Waals surface area contributed by atoms with Crippen LogP contribution in [0.5, 0.6) is 5.75 Å². The third-order valence-corrected chi connectivity index (χ3v) is 1.40. The summed E-state index contributed by atoms with van der Waals surface area (Å²) in [7, 11) is 0. The van der Waals surface area contributed by atoms with Crippen molar-refractivity contribution in [2.45, 2.75) is 6.10 Å². The second-order valence-corrected chi connectivity index (χ2v) is 2.46. The van der Waals surface area contributed by atoms with E-state index in [0.29, 0.717) is 5.75 Å². The van der Waals surface area contributed by atoms with E-state index < -0.39 is 6.10 Å². The topological polar surface area (TPSA) is 49.7 Å². The lowest BCUT2D eigenvalue weighted by molar-refractivity contribution is 0.0536. The van der Waals surface area contributed by atoms with Gasteiger partial charge < -0.3 is 14.9 Å². The molecule has 0 heterocycles. The summed E-state index contributed by atoms with van der Waals surface area (Å²) in [6.45, 7) is -0.145. The van der Waals surface area contributed by atoms with Crippen molar-refractivity contribution < 1.29 is 14.9 Å². The lowest BCUT2D eigenvalue weighted by atomic mass is 10.3. The molecule has 0 bridgehead atoms. The van der Waals surface area contributed by atoms with Crippen LogP contribution in [-0.2, 0) is 0 Å². The molecule has 0 aromatic heterocycles. The first-order valence-electron chi connectivity index (χ1n) is 3.79. The fourth-order valence-electron chi connectivity index (χ4n) is 0.762. The molecule has 0 amide bonds. The largest absolute Gasteiger partial charge is 0.491 e. The van der Waals surface area contributed by atoms with Crippen molar-refractivity contribution >= 4 is 0 Å². The smallest absolute Gasteiger partial charge is 0.119 e. The van der Waals surface area contributed by atoms with Crippen LogP contribution in [0.25, 0.3) is 0 Å². The minimum Gasteiger partial charge on any atom is -0.491 e. The Kier molecular flexibility index (Phi) is 3.57. The predicted molar refractivity (Wildman–Crippen MR) is 45.0 cm³/mol. The van der Waals surface area contributed by atoms with Crippen molar-refractivity contribution in [1.82, 2.24) is 0 Å². The van der Waals surface area contributed by atoms with Crippen LogP contribution in [0, 0.1) is 0 Å². The molecule has 0 aliphatic carbocycles. The van der Waals surface area contributed by atoms with Gasteiger partial charge in [0.25, 0.3) is 0 Å². The third kappa shape index (κ3) is 2.90. The van der Waals surface area contributed by atoms with Crippen LogP contribution < -0.4 is 4.74 Å².